The van der Waals surface area contributed by atoms with Gasteiger partial charge in [-0.05, 0) is 88.3 Å². The highest BCUT2D eigenvalue weighted by molar-refractivity contribution is 7.91. The molecule has 19 heteroatoms. The van der Waals surface area contributed by atoms with Crippen LogP contribution in [0.2, 0.25) is 0 Å². The standard InChI is InChI=1S/C46H51N7O10S2/c1-5-28-22-46(28,44(57)52-65(58,59)31-19-20-31)51-40(54)34-21-30(23-53(34)42(55)36(26-11-7-6-8-12-26)49-45-47-33(24-64-45)43(56)60-4)62-41-38-37(32-13-9-10-14-35(32)63-38)48-39(50-41)27-15-17-29(18-16-27)61-25(2)3/h5,9-10,13-18,24-26,28,30-31,34,36H,1,6-8,11-12,19-23H2,2-4H3,(H,47,49)(H,51,54)(H,52,57)/t28-,30-,34+,36+,46-/m1/s1. The van der Waals surface area contributed by atoms with E-state index in [-0.39, 0.29) is 48.6 Å². The number of ether oxygens (including phenoxy) is 3. The number of para-hydroxylation sites is 1. The molecule has 1 saturated heterocycles. The van der Waals surface area contributed by atoms with E-state index >= 15 is 4.79 Å². The molecule has 342 valence electrons. The topological polar surface area (TPSA) is 221 Å². The number of amides is 3. The zero-order valence-electron chi connectivity index (χ0n) is 36.3. The van der Waals surface area contributed by atoms with Crippen molar-refractivity contribution in [2.75, 3.05) is 19.0 Å². The van der Waals surface area contributed by atoms with Crippen molar-refractivity contribution in [3.05, 3.63) is 72.3 Å². The fourth-order valence-electron chi connectivity index (χ4n) is 8.98. The summed E-state index contributed by atoms with van der Waals surface area (Å²) < 4.78 is 51.8. The molecule has 65 heavy (non-hydrogen) atoms. The Morgan fingerprint density at radius 2 is 1.75 bits per heavy atom. The van der Waals surface area contributed by atoms with Crippen molar-refractivity contribution in [2.45, 2.75) is 107 Å². The first kappa shape index (κ1) is 44.1. The average Bonchev–Trinajstić information content (AvgIpc) is 4.14. The fourth-order valence-corrected chi connectivity index (χ4v) is 11.1. The van der Waals surface area contributed by atoms with Gasteiger partial charge in [-0.15, -0.1) is 17.9 Å². The smallest absolute Gasteiger partial charge is 0.357 e. The number of likely N-dealkylation sites (tertiary alicyclic amines) is 1. The van der Waals surface area contributed by atoms with Gasteiger partial charge in [0.1, 0.15) is 40.6 Å². The van der Waals surface area contributed by atoms with Gasteiger partial charge in [-0.25, -0.2) is 23.2 Å². The molecule has 4 aliphatic rings. The van der Waals surface area contributed by atoms with Crippen LogP contribution in [0.4, 0.5) is 5.13 Å². The molecule has 0 unspecified atom stereocenters. The molecule has 0 bridgehead atoms. The second-order valence-electron chi connectivity index (χ2n) is 17.5. The van der Waals surface area contributed by atoms with Crippen LogP contribution in [0.25, 0.3) is 33.5 Å². The molecule has 3 N–H and O–H groups in total. The van der Waals surface area contributed by atoms with Gasteiger partial charge in [-0.1, -0.05) is 37.5 Å². The number of anilines is 1. The summed E-state index contributed by atoms with van der Waals surface area (Å²) in [5, 5.41) is 8.15. The number of hydrogen-bond donors (Lipinski definition) is 3. The number of nitrogens with one attached hydrogen (secondary N) is 3. The monoisotopic (exact) mass is 925 g/mol. The second kappa shape index (κ2) is 17.7. The molecule has 4 fully saturated rings. The van der Waals surface area contributed by atoms with E-state index in [1.165, 1.54) is 18.1 Å². The number of furan rings is 1. The largest absolute Gasteiger partial charge is 0.491 e. The minimum absolute atomic E-state index is 0.0160. The number of carbonyl (C=O) groups excluding carboxylic acids is 4. The first-order valence-electron chi connectivity index (χ1n) is 22.0. The molecule has 1 aliphatic heterocycles. The molecule has 5 atom stereocenters. The summed E-state index contributed by atoms with van der Waals surface area (Å²) in [7, 11) is -2.68. The molecule has 0 radical (unpaired) electrons. The highest BCUT2D eigenvalue weighted by Crippen LogP contribution is 2.46. The number of aromatic nitrogens is 3. The molecule has 17 nitrogen and oxygen atoms in total. The maximum Gasteiger partial charge on any atom is 0.357 e. The minimum Gasteiger partial charge on any atom is -0.491 e. The van der Waals surface area contributed by atoms with Crippen LogP contribution in [0.1, 0.15) is 82.1 Å². The van der Waals surface area contributed by atoms with E-state index in [9.17, 15) is 22.8 Å². The SMILES string of the molecule is C=C[C@@H]1C[C@]1(NC(=O)[C@@H]1C[C@@H](Oc2nc(-c3ccc(OC(C)C)cc3)nc3c2oc2ccccc23)CN1C(=O)[C@@H](Nc1nc(C(=O)OC)cs1)C1CCCCC1)C(=O)NS(=O)(=O)C1CC1. The molecule has 2 aromatic carbocycles. The highest BCUT2D eigenvalue weighted by Gasteiger charge is 2.62. The Hall–Kier alpha value is -6.08. The Morgan fingerprint density at radius 1 is 1.00 bits per heavy atom. The molecule has 3 aliphatic carbocycles. The lowest BCUT2D eigenvalue weighted by molar-refractivity contribution is -0.141. The lowest BCUT2D eigenvalue weighted by Gasteiger charge is -2.34. The first-order chi connectivity index (χ1) is 31.3. The van der Waals surface area contributed by atoms with Crippen molar-refractivity contribution in [3.63, 3.8) is 0 Å². The molecule has 5 aromatic rings. The van der Waals surface area contributed by atoms with Crippen LogP contribution in [0, 0.1) is 11.8 Å². The van der Waals surface area contributed by atoms with Crippen molar-refractivity contribution in [2.24, 2.45) is 11.8 Å². The molecule has 3 aromatic heterocycles. The number of sulfonamides is 1. The van der Waals surface area contributed by atoms with Crippen molar-refractivity contribution < 1.29 is 46.2 Å². The predicted octanol–water partition coefficient (Wildman–Crippen LogP) is 6.15. The molecular weight excluding hydrogens is 875 g/mol. The Balaban J connectivity index is 1.07. The van der Waals surface area contributed by atoms with Crippen LogP contribution < -0.4 is 24.8 Å². The van der Waals surface area contributed by atoms with E-state index in [4.69, 9.17) is 28.6 Å². The second-order valence-corrected chi connectivity index (χ2v) is 20.4. The van der Waals surface area contributed by atoms with Crippen molar-refractivity contribution in [1.29, 1.82) is 0 Å². The zero-order chi connectivity index (χ0) is 45.6. The normalized spacial score (nSPS) is 22.6. The zero-order valence-corrected chi connectivity index (χ0v) is 37.9. The van der Waals surface area contributed by atoms with Crippen LogP contribution in [-0.2, 0) is 29.1 Å². The van der Waals surface area contributed by atoms with Gasteiger partial charge in [0.2, 0.25) is 27.4 Å². The number of esters is 1. The van der Waals surface area contributed by atoms with Crippen LogP contribution in [0.15, 0.2) is 71.0 Å². The predicted molar refractivity (Wildman–Crippen MR) is 242 cm³/mol. The number of thiazole rings is 1. The van der Waals surface area contributed by atoms with Crippen molar-refractivity contribution in [3.8, 4) is 23.0 Å². The number of methoxy groups -OCH3 is 1. The third-order valence-electron chi connectivity index (χ3n) is 12.6. The maximum absolute atomic E-state index is 15.2. The average molecular weight is 926 g/mol. The highest BCUT2D eigenvalue weighted by atomic mass is 32.2. The fraction of sp³-hybridized carbons (Fsp3) is 0.457. The van der Waals surface area contributed by atoms with Crippen molar-refractivity contribution >= 4 is 72.3 Å². The molecule has 0 spiro atoms. The lowest BCUT2D eigenvalue weighted by atomic mass is 9.83. The summed E-state index contributed by atoms with van der Waals surface area (Å²) in [4.78, 5) is 71.7. The number of hydrogen-bond acceptors (Lipinski definition) is 15. The third-order valence-corrected chi connectivity index (χ3v) is 15.2. The molecule has 4 heterocycles. The number of fused-ring (bicyclic) bond motifs is 3. The van der Waals surface area contributed by atoms with Crippen LogP contribution in [0.3, 0.4) is 0 Å². The summed E-state index contributed by atoms with van der Waals surface area (Å²) in [5.74, 6) is -2.05. The Bertz CT molecular complexity index is 2760. The summed E-state index contributed by atoms with van der Waals surface area (Å²) >= 11 is 1.16. The molecule has 3 saturated carbocycles. The summed E-state index contributed by atoms with van der Waals surface area (Å²) in [6.45, 7) is 7.67. The van der Waals surface area contributed by atoms with Gasteiger partial charge in [-0.3, -0.25) is 19.1 Å². The molecule has 9 rings (SSSR count). The van der Waals surface area contributed by atoms with E-state index in [1.54, 1.807) is 5.38 Å². The first-order valence-corrected chi connectivity index (χ1v) is 24.4. The molecule has 3 amide bonds. The number of carbonyl (C=O) groups is 4. The quantitative estimate of drug-likeness (QED) is 0.0747. The van der Waals surface area contributed by atoms with E-state index in [2.05, 4.69) is 26.9 Å². The number of benzene rings is 2. The summed E-state index contributed by atoms with van der Waals surface area (Å²) in [6.07, 6.45) is 5.98. The van der Waals surface area contributed by atoms with Gasteiger partial charge in [0.25, 0.3) is 11.8 Å². The van der Waals surface area contributed by atoms with Gasteiger partial charge in [-0.2, -0.15) is 4.98 Å². The Morgan fingerprint density at radius 3 is 2.45 bits per heavy atom. The Labute approximate surface area is 379 Å². The van der Waals surface area contributed by atoms with Gasteiger partial charge in [0.05, 0.1) is 25.0 Å². The van der Waals surface area contributed by atoms with Gasteiger partial charge in [0.15, 0.2) is 16.6 Å². The number of rotatable bonds is 16. The minimum atomic E-state index is -3.94. The Kier molecular flexibility index (Phi) is 12.0. The van der Waals surface area contributed by atoms with E-state index < -0.39 is 68.6 Å². The van der Waals surface area contributed by atoms with E-state index in [0.29, 0.717) is 46.2 Å². The van der Waals surface area contributed by atoms with E-state index in [1.807, 2.05) is 62.4 Å². The van der Waals surface area contributed by atoms with Crippen LogP contribution in [-0.4, -0.2) is 101 Å². The van der Waals surface area contributed by atoms with E-state index in [0.717, 1.165) is 48.8 Å². The molecular formula is C46H51N7O10S2. The van der Waals surface area contributed by atoms with Gasteiger partial charge >= 0.3 is 5.97 Å². The van der Waals surface area contributed by atoms with Crippen LogP contribution >= 0.6 is 11.3 Å². The van der Waals surface area contributed by atoms with Gasteiger partial charge < -0.3 is 34.2 Å². The summed E-state index contributed by atoms with van der Waals surface area (Å²) in [6, 6.07) is 12.8. The van der Waals surface area contributed by atoms with Crippen LogP contribution in [0.5, 0.6) is 11.6 Å². The lowest BCUT2D eigenvalue weighted by Crippen LogP contribution is -2.58. The van der Waals surface area contributed by atoms with Crippen molar-refractivity contribution in [1.82, 2.24) is 29.9 Å². The summed E-state index contributed by atoms with van der Waals surface area (Å²) in [5.41, 5.74) is 0.553. The number of nitrogens with zero attached hydrogens (tertiary/aromatic N) is 4. The maximum atomic E-state index is 15.2. The third kappa shape index (κ3) is 8.99. The van der Waals surface area contributed by atoms with Gasteiger partial charge in [0, 0.05) is 28.7 Å².